The highest BCUT2D eigenvalue weighted by molar-refractivity contribution is 5.94. The maximum Gasteiger partial charge on any atom is 0.391 e. The molecule has 22 heavy (non-hydrogen) atoms. The average molecular weight is 316 g/mol. The number of nitrogens with one attached hydrogen (secondary N) is 1. The second-order valence-electron chi connectivity index (χ2n) is 5.28. The standard InChI is InChI=1S/C14H15F3N2O3/c15-14(16,17)8-4-6-9(7-5-8)18-12(20)10-2-1-3-11(19-10)13(21)22/h1-3,8-9H,4-7H2,(H,18,20)(H,21,22). The number of aromatic nitrogens is 1. The van der Waals surface area contributed by atoms with E-state index < -0.39 is 24.0 Å². The molecule has 2 N–H and O–H groups in total. The van der Waals surface area contributed by atoms with E-state index in [9.17, 15) is 22.8 Å². The maximum absolute atomic E-state index is 12.6. The molecule has 0 radical (unpaired) electrons. The third-order valence-corrected chi connectivity index (χ3v) is 3.73. The summed E-state index contributed by atoms with van der Waals surface area (Å²) >= 11 is 0. The second kappa shape index (κ2) is 6.33. The molecule has 0 aromatic carbocycles. The molecule has 0 unspecified atom stereocenters. The van der Waals surface area contributed by atoms with Crippen molar-refractivity contribution in [1.82, 2.24) is 10.3 Å². The smallest absolute Gasteiger partial charge is 0.391 e. The number of nitrogens with zero attached hydrogens (tertiary/aromatic N) is 1. The van der Waals surface area contributed by atoms with Crippen LogP contribution in [0.15, 0.2) is 18.2 Å². The van der Waals surface area contributed by atoms with E-state index in [0.29, 0.717) is 0 Å². The lowest BCUT2D eigenvalue weighted by Crippen LogP contribution is -2.40. The van der Waals surface area contributed by atoms with Crippen molar-refractivity contribution in [2.75, 3.05) is 0 Å². The van der Waals surface area contributed by atoms with E-state index in [1.54, 1.807) is 0 Å². The van der Waals surface area contributed by atoms with Gasteiger partial charge in [0, 0.05) is 6.04 Å². The minimum atomic E-state index is -4.19. The van der Waals surface area contributed by atoms with Crippen LogP contribution in [0.2, 0.25) is 0 Å². The van der Waals surface area contributed by atoms with Crippen LogP contribution in [0.1, 0.15) is 46.7 Å². The molecule has 0 atom stereocenters. The molecule has 0 aliphatic heterocycles. The number of hydrogen-bond donors (Lipinski definition) is 2. The van der Waals surface area contributed by atoms with Gasteiger partial charge < -0.3 is 10.4 Å². The van der Waals surface area contributed by atoms with Crippen LogP contribution >= 0.6 is 0 Å². The zero-order chi connectivity index (χ0) is 16.3. The summed E-state index contributed by atoms with van der Waals surface area (Å²) in [5.74, 6) is -3.13. The SMILES string of the molecule is O=C(O)c1cccc(C(=O)NC2CCC(C(F)(F)F)CC2)n1. The molecule has 5 nitrogen and oxygen atoms in total. The molecular formula is C14H15F3N2O3. The lowest BCUT2D eigenvalue weighted by Gasteiger charge is -2.30. The molecule has 1 saturated carbocycles. The Labute approximate surface area is 124 Å². The molecule has 1 heterocycles. The van der Waals surface area contributed by atoms with E-state index in [1.807, 2.05) is 0 Å². The van der Waals surface area contributed by atoms with E-state index >= 15 is 0 Å². The quantitative estimate of drug-likeness (QED) is 0.898. The normalized spacial score (nSPS) is 22.1. The molecule has 1 fully saturated rings. The number of alkyl halides is 3. The van der Waals surface area contributed by atoms with Crippen molar-refractivity contribution in [2.24, 2.45) is 5.92 Å². The predicted molar refractivity (Wildman–Crippen MR) is 70.5 cm³/mol. The van der Waals surface area contributed by atoms with Gasteiger partial charge in [0.15, 0.2) is 0 Å². The monoisotopic (exact) mass is 316 g/mol. The van der Waals surface area contributed by atoms with Crippen molar-refractivity contribution in [3.05, 3.63) is 29.6 Å². The van der Waals surface area contributed by atoms with Crippen molar-refractivity contribution < 1.29 is 27.9 Å². The molecule has 2 rings (SSSR count). The number of aromatic carboxylic acids is 1. The predicted octanol–water partition coefficient (Wildman–Crippen LogP) is 2.63. The highest BCUT2D eigenvalue weighted by Crippen LogP contribution is 2.37. The highest BCUT2D eigenvalue weighted by atomic mass is 19.4. The van der Waals surface area contributed by atoms with Gasteiger partial charge in [-0.2, -0.15) is 13.2 Å². The summed E-state index contributed by atoms with van der Waals surface area (Å²) in [7, 11) is 0. The second-order valence-corrected chi connectivity index (χ2v) is 5.28. The molecule has 0 bridgehead atoms. The number of carboxylic acids is 1. The summed E-state index contributed by atoms with van der Waals surface area (Å²) in [5, 5.41) is 11.4. The van der Waals surface area contributed by atoms with Gasteiger partial charge in [0.05, 0.1) is 5.92 Å². The van der Waals surface area contributed by atoms with Crippen molar-refractivity contribution in [2.45, 2.75) is 37.9 Å². The van der Waals surface area contributed by atoms with Crippen LogP contribution in [0.3, 0.4) is 0 Å². The largest absolute Gasteiger partial charge is 0.477 e. The van der Waals surface area contributed by atoms with Crippen LogP contribution in [0.4, 0.5) is 13.2 Å². The number of carbonyl (C=O) groups is 2. The first kappa shape index (κ1) is 16.3. The van der Waals surface area contributed by atoms with E-state index in [4.69, 9.17) is 5.11 Å². The topological polar surface area (TPSA) is 79.3 Å². The van der Waals surface area contributed by atoms with Gasteiger partial charge in [-0.1, -0.05) is 6.07 Å². The molecule has 1 aliphatic rings. The van der Waals surface area contributed by atoms with E-state index in [2.05, 4.69) is 10.3 Å². The molecule has 1 amide bonds. The number of rotatable bonds is 3. The van der Waals surface area contributed by atoms with E-state index in [-0.39, 0.29) is 43.1 Å². The van der Waals surface area contributed by atoms with E-state index in [0.717, 1.165) is 0 Å². The Kier molecular flexibility index (Phi) is 4.68. The van der Waals surface area contributed by atoms with Crippen LogP contribution in [0, 0.1) is 5.92 Å². The Bertz CT molecular complexity index is 567. The van der Waals surface area contributed by atoms with Crippen LogP contribution in [-0.2, 0) is 0 Å². The van der Waals surface area contributed by atoms with Crippen LogP contribution in [-0.4, -0.2) is 34.2 Å². The summed E-state index contributed by atoms with van der Waals surface area (Å²) in [6.07, 6.45) is -3.73. The minimum Gasteiger partial charge on any atom is -0.477 e. The number of amides is 1. The lowest BCUT2D eigenvalue weighted by atomic mass is 9.85. The Balaban J connectivity index is 1.94. The fourth-order valence-corrected chi connectivity index (χ4v) is 2.50. The van der Waals surface area contributed by atoms with Gasteiger partial charge in [0.2, 0.25) is 0 Å². The fraction of sp³-hybridized carbons (Fsp3) is 0.500. The van der Waals surface area contributed by atoms with Crippen molar-refractivity contribution in [3.63, 3.8) is 0 Å². The summed E-state index contributed by atoms with van der Waals surface area (Å²) in [4.78, 5) is 26.5. The number of halogens is 3. The van der Waals surface area contributed by atoms with Crippen LogP contribution in [0.5, 0.6) is 0 Å². The Hall–Kier alpha value is -2.12. The van der Waals surface area contributed by atoms with Crippen LogP contribution in [0.25, 0.3) is 0 Å². The van der Waals surface area contributed by atoms with Gasteiger partial charge >= 0.3 is 12.1 Å². The first-order valence-electron chi connectivity index (χ1n) is 6.85. The lowest BCUT2D eigenvalue weighted by molar-refractivity contribution is -0.182. The van der Waals surface area contributed by atoms with Crippen LogP contribution < -0.4 is 5.32 Å². The summed E-state index contributed by atoms with van der Waals surface area (Å²) < 4.78 is 37.7. The van der Waals surface area contributed by atoms with Gasteiger partial charge in [-0.25, -0.2) is 9.78 Å². The molecule has 0 saturated heterocycles. The van der Waals surface area contributed by atoms with Gasteiger partial charge in [-0.05, 0) is 37.8 Å². The zero-order valence-corrected chi connectivity index (χ0v) is 11.6. The number of hydrogen-bond acceptors (Lipinski definition) is 3. The molecule has 8 heteroatoms. The van der Waals surface area contributed by atoms with E-state index in [1.165, 1.54) is 18.2 Å². The Morgan fingerprint density at radius 1 is 1.14 bits per heavy atom. The number of carboxylic acid groups (broad SMARTS) is 1. The third-order valence-electron chi connectivity index (χ3n) is 3.73. The summed E-state index contributed by atoms with van der Waals surface area (Å²) in [5.41, 5.74) is -0.314. The third kappa shape index (κ3) is 3.96. The zero-order valence-electron chi connectivity index (χ0n) is 11.6. The highest BCUT2D eigenvalue weighted by Gasteiger charge is 2.41. The first-order valence-corrected chi connectivity index (χ1v) is 6.85. The summed E-state index contributed by atoms with van der Waals surface area (Å²) in [6, 6.07) is 3.67. The minimum absolute atomic E-state index is 0.0168. The van der Waals surface area contributed by atoms with Crippen molar-refractivity contribution in [1.29, 1.82) is 0 Å². The van der Waals surface area contributed by atoms with Gasteiger partial charge in [-0.15, -0.1) is 0 Å². The Morgan fingerprint density at radius 3 is 2.27 bits per heavy atom. The van der Waals surface area contributed by atoms with Crippen molar-refractivity contribution >= 4 is 11.9 Å². The molecule has 1 aromatic heterocycles. The summed E-state index contributed by atoms with van der Waals surface area (Å²) in [6.45, 7) is 0. The molecule has 1 aromatic rings. The van der Waals surface area contributed by atoms with Gasteiger partial charge in [0.25, 0.3) is 5.91 Å². The molecule has 120 valence electrons. The number of pyridine rings is 1. The number of carbonyl (C=O) groups excluding carboxylic acids is 1. The van der Waals surface area contributed by atoms with Crippen molar-refractivity contribution in [3.8, 4) is 0 Å². The average Bonchev–Trinajstić information content (AvgIpc) is 2.47. The molecular weight excluding hydrogens is 301 g/mol. The maximum atomic E-state index is 12.6. The molecule has 1 aliphatic carbocycles. The Morgan fingerprint density at radius 2 is 1.73 bits per heavy atom. The molecule has 0 spiro atoms. The fourth-order valence-electron chi connectivity index (χ4n) is 2.50. The van der Waals surface area contributed by atoms with Gasteiger partial charge in [-0.3, -0.25) is 4.79 Å². The first-order chi connectivity index (χ1) is 10.3. The van der Waals surface area contributed by atoms with Gasteiger partial charge in [0.1, 0.15) is 11.4 Å².